The fraction of sp³-hybridized carbons (Fsp3) is 0.594. The zero-order valence-corrected chi connectivity index (χ0v) is 22.8. The molecule has 1 amide bonds. The number of carbonyl (C=O) groups is 1. The molecule has 3 saturated heterocycles. The lowest BCUT2D eigenvalue weighted by Gasteiger charge is -2.46. The summed E-state index contributed by atoms with van der Waals surface area (Å²) in [6, 6.07) is 10.6. The lowest BCUT2D eigenvalue weighted by atomic mass is 9.84. The van der Waals surface area contributed by atoms with Crippen LogP contribution in [0.2, 0.25) is 0 Å². The van der Waals surface area contributed by atoms with Crippen LogP contribution in [0, 0.1) is 5.92 Å². The third kappa shape index (κ3) is 6.27. The first-order chi connectivity index (χ1) is 18.2. The molecule has 5 nitrogen and oxygen atoms in total. The zero-order chi connectivity index (χ0) is 25.6. The number of amides is 1. The molecule has 0 radical (unpaired) electrons. The maximum Gasteiger partial charge on any atom is 0.241 e. The van der Waals surface area contributed by atoms with Crippen molar-refractivity contribution in [3.05, 3.63) is 71.8 Å². The number of benzene rings is 1. The van der Waals surface area contributed by atoms with Crippen LogP contribution >= 0.6 is 0 Å². The monoisotopic (exact) mass is 502 g/mol. The lowest BCUT2D eigenvalue weighted by molar-refractivity contribution is -0.128. The van der Waals surface area contributed by atoms with E-state index in [0.717, 1.165) is 45.6 Å². The molecule has 4 atom stereocenters. The van der Waals surface area contributed by atoms with E-state index in [9.17, 15) is 4.79 Å². The maximum atomic E-state index is 13.0. The first-order valence-corrected chi connectivity index (χ1v) is 14.8. The van der Waals surface area contributed by atoms with E-state index in [2.05, 4.69) is 82.3 Å². The van der Waals surface area contributed by atoms with Gasteiger partial charge in [-0.3, -0.25) is 20.0 Å². The number of nitrogens with zero attached hydrogens (tertiary/aromatic N) is 3. The molecule has 3 heterocycles. The molecule has 1 aliphatic carbocycles. The Morgan fingerprint density at radius 2 is 1.95 bits per heavy atom. The standard InChI is InChI=1S/C32H46N4O/c1-3-19-34-22-18-29-12-9-13-30(24-34)36(29)31(28-11-8-10-25(4-2)23-28)26-14-16-27(17-15-26)32(37)33-35-20-6-5-7-21-35/h3,8,10-11,14-16,23,27,29-31H,1,4-7,9,12-13,17-22,24H2,2H3,(H,33,37). The van der Waals surface area contributed by atoms with E-state index in [1.54, 1.807) is 0 Å². The number of allylic oxidation sites excluding steroid dienone is 1. The highest BCUT2D eigenvalue weighted by Gasteiger charge is 2.40. The van der Waals surface area contributed by atoms with Gasteiger partial charge in [0.1, 0.15) is 0 Å². The number of rotatable bonds is 8. The molecule has 0 aromatic heterocycles. The van der Waals surface area contributed by atoms with Gasteiger partial charge >= 0.3 is 0 Å². The Balaban J connectivity index is 1.40. The lowest BCUT2D eigenvalue weighted by Crippen LogP contribution is -2.50. The van der Waals surface area contributed by atoms with Crippen LogP contribution in [0.4, 0.5) is 0 Å². The van der Waals surface area contributed by atoms with E-state index in [-0.39, 0.29) is 17.9 Å². The van der Waals surface area contributed by atoms with Crippen molar-refractivity contribution in [2.75, 3.05) is 32.7 Å². The van der Waals surface area contributed by atoms with Crippen molar-refractivity contribution in [3.8, 4) is 0 Å². The van der Waals surface area contributed by atoms with Crippen LogP contribution in [0.5, 0.6) is 0 Å². The van der Waals surface area contributed by atoms with Gasteiger partial charge < -0.3 is 0 Å². The Labute approximate surface area is 224 Å². The zero-order valence-electron chi connectivity index (χ0n) is 22.8. The summed E-state index contributed by atoms with van der Waals surface area (Å²) in [5.41, 5.74) is 7.36. The van der Waals surface area contributed by atoms with Gasteiger partial charge in [-0.15, -0.1) is 6.58 Å². The number of hydrazine groups is 1. The fourth-order valence-corrected chi connectivity index (χ4v) is 6.95. The van der Waals surface area contributed by atoms with Crippen molar-refractivity contribution >= 4 is 5.91 Å². The Hall–Kier alpha value is -2.21. The van der Waals surface area contributed by atoms with Gasteiger partial charge in [-0.05, 0) is 61.6 Å². The van der Waals surface area contributed by atoms with E-state index in [0.29, 0.717) is 12.1 Å². The van der Waals surface area contributed by atoms with Crippen molar-refractivity contribution in [2.45, 2.75) is 82.8 Å². The first-order valence-electron chi connectivity index (χ1n) is 14.8. The predicted molar refractivity (Wildman–Crippen MR) is 152 cm³/mol. The van der Waals surface area contributed by atoms with Crippen molar-refractivity contribution in [2.24, 2.45) is 5.92 Å². The molecule has 5 heteroatoms. The number of hydrogen-bond acceptors (Lipinski definition) is 4. The fourth-order valence-electron chi connectivity index (χ4n) is 6.95. The van der Waals surface area contributed by atoms with Gasteiger partial charge in [0.2, 0.25) is 5.91 Å². The SMILES string of the molecule is C=CCN1CCC2CCCC(C1)N2C(C1=CCC(C(=O)NN2CCCCC2)C=C1)c1cccc(CC)c1. The van der Waals surface area contributed by atoms with Gasteiger partial charge in [0.25, 0.3) is 0 Å². The minimum absolute atomic E-state index is 0.0833. The maximum absolute atomic E-state index is 13.0. The second-order valence-corrected chi connectivity index (χ2v) is 11.5. The van der Waals surface area contributed by atoms with Crippen LogP contribution in [0.25, 0.3) is 0 Å². The third-order valence-corrected chi connectivity index (χ3v) is 8.93. The number of piperidine rings is 2. The smallest absolute Gasteiger partial charge is 0.241 e. The molecule has 0 saturated carbocycles. The van der Waals surface area contributed by atoms with Crippen LogP contribution in [-0.2, 0) is 11.2 Å². The summed E-state index contributed by atoms with van der Waals surface area (Å²) in [6.07, 6.45) is 19.4. The predicted octanol–water partition coefficient (Wildman–Crippen LogP) is 5.42. The van der Waals surface area contributed by atoms with E-state index < -0.39 is 0 Å². The van der Waals surface area contributed by atoms with E-state index in [4.69, 9.17) is 0 Å². The Morgan fingerprint density at radius 1 is 1.11 bits per heavy atom. The minimum atomic E-state index is -0.0833. The van der Waals surface area contributed by atoms with Crippen molar-refractivity contribution in [3.63, 3.8) is 0 Å². The van der Waals surface area contributed by atoms with Gasteiger partial charge in [-0.2, -0.15) is 0 Å². The summed E-state index contributed by atoms with van der Waals surface area (Å²) in [6.45, 7) is 11.4. The van der Waals surface area contributed by atoms with Crippen LogP contribution < -0.4 is 5.43 Å². The van der Waals surface area contributed by atoms with Gasteiger partial charge in [-0.25, -0.2) is 5.01 Å². The topological polar surface area (TPSA) is 38.8 Å². The number of nitrogens with one attached hydrogen (secondary N) is 1. The van der Waals surface area contributed by atoms with Gasteiger partial charge in [0.05, 0.1) is 12.0 Å². The molecule has 37 heavy (non-hydrogen) atoms. The van der Waals surface area contributed by atoms with E-state index in [1.165, 1.54) is 61.6 Å². The molecule has 3 fully saturated rings. The number of fused-ring (bicyclic) bond motifs is 2. The summed E-state index contributed by atoms with van der Waals surface area (Å²) in [7, 11) is 0. The molecular weight excluding hydrogens is 456 g/mol. The number of carbonyl (C=O) groups excluding carboxylic acids is 1. The molecule has 200 valence electrons. The summed E-state index contributed by atoms with van der Waals surface area (Å²) in [5.74, 6) is 0.0599. The molecule has 3 aliphatic heterocycles. The van der Waals surface area contributed by atoms with E-state index in [1.807, 2.05) is 0 Å². The summed E-state index contributed by atoms with van der Waals surface area (Å²) >= 11 is 0. The molecule has 0 spiro atoms. The first kappa shape index (κ1) is 26.4. The number of aryl methyl sites for hydroxylation is 1. The molecular formula is C32H46N4O. The average molecular weight is 503 g/mol. The van der Waals surface area contributed by atoms with Crippen molar-refractivity contribution in [1.29, 1.82) is 0 Å². The second-order valence-electron chi connectivity index (χ2n) is 11.5. The molecule has 4 aliphatic rings. The highest BCUT2D eigenvalue weighted by Crippen LogP contribution is 2.41. The van der Waals surface area contributed by atoms with Crippen molar-refractivity contribution in [1.82, 2.24) is 20.2 Å². The quantitative estimate of drug-likeness (QED) is 0.482. The average Bonchev–Trinajstić information content (AvgIpc) is 3.02. The highest BCUT2D eigenvalue weighted by atomic mass is 16.2. The molecule has 4 unspecified atom stereocenters. The minimum Gasteiger partial charge on any atom is -0.298 e. The normalized spacial score (nSPS) is 28.2. The summed E-state index contributed by atoms with van der Waals surface area (Å²) in [5, 5.41) is 2.12. The molecule has 2 bridgehead atoms. The number of hydrogen-bond donors (Lipinski definition) is 1. The van der Waals surface area contributed by atoms with Gasteiger partial charge in [-0.1, -0.05) is 68.3 Å². The third-order valence-electron chi connectivity index (χ3n) is 8.93. The molecule has 5 rings (SSSR count). The molecule has 1 aromatic rings. The Bertz CT molecular complexity index is 994. The van der Waals surface area contributed by atoms with Crippen LogP contribution in [0.1, 0.15) is 75.5 Å². The largest absolute Gasteiger partial charge is 0.298 e. The molecule has 1 aromatic carbocycles. The van der Waals surface area contributed by atoms with Crippen molar-refractivity contribution < 1.29 is 4.79 Å². The van der Waals surface area contributed by atoms with Crippen LogP contribution in [0.3, 0.4) is 0 Å². The van der Waals surface area contributed by atoms with Gasteiger partial charge in [0.15, 0.2) is 0 Å². The summed E-state index contributed by atoms with van der Waals surface area (Å²) in [4.78, 5) is 18.5. The Morgan fingerprint density at radius 3 is 2.70 bits per heavy atom. The summed E-state index contributed by atoms with van der Waals surface area (Å²) < 4.78 is 0. The molecule has 1 N–H and O–H groups in total. The van der Waals surface area contributed by atoms with Gasteiger partial charge in [0, 0.05) is 44.8 Å². The second kappa shape index (κ2) is 12.6. The van der Waals surface area contributed by atoms with Crippen LogP contribution in [-0.4, -0.2) is 65.5 Å². The van der Waals surface area contributed by atoms with Crippen LogP contribution in [0.15, 0.2) is 60.7 Å². The highest BCUT2D eigenvalue weighted by molar-refractivity contribution is 5.80. The van der Waals surface area contributed by atoms with E-state index >= 15 is 0 Å². The Kier molecular flexibility index (Phi) is 8.96.